The Labute approximate surface area is 198 Å². The lowest BCUT2D eigenvalue weighted by molar-refractivity contribution is -0.130. The summed E-state index contributed by atoms with van der Waals surface area (Å²) in [6.45, 7) is 6.72. The van der Waals surface area contributed by atoms with Gasteiger partial charge in [0.2, 0.25) is 5.91 Å². The lowest BCUT2D eigenvalue weighted by Crippen LogP contribution is -2.40. The minimum Gasteiger partial charge on any atom is -0.449 e. The Balaban J connectivity index is 1.57. The molecule has 0 saturated carbocycles. The molecule has 12 heteroatoms. The predicted octanol–water partition coefficient (Wildman–Crippen LogP) is 3.53. The van der Waals surface area contributed by atoms with Crippen LogP contribution in [0.15, 0.2) is 28.9 Å². The first-order valence-corrected chi connectivity index (χ1v) is 10.5. The number of carbonyl (C=O) groups is 3. The zero-order valence-corrected chi connectivity index (χ0v) is 19.4. The van der Waals surface area contributed by atoms with Gasteiger partial charge in [0.25, 0.3) is 11.6 Å². The number of rotatable bonds is 7. The van der Waals surface area contributed by atoms with Crippen LogP contribution in [0.5, 0.6) is 0 Å². The van der Waals surface area contributed by atoms with Crippen molar-refractivity contribution in [3.05, 3.63) is 53.1 Å². The second kappa shape index (κ2) is 10.1. The van der Waals surface area contributed by atoms with Crippen molar-refractivity contribution >= 4 is 34.6 Å². The molecular formula is C23H23F3N4O5. The highest BCUT2D eigenvalue weighted by molar-refractivity contribution is 5.97. The molecule has 0 saturated heterocycles. The van der Waals surface area contributed by atoms with E-state index in [1.54, 1.807) is 0 Å². The van der Waals surface area contributed by atoms with Crippen molar-refractivity contribution < 1.29 is 36.8 Å². The van der Waals surface area contributed by atoms with Gasteiger partial charge in [-0.2, -0.15) is 0 Å². The van der Waals surface area contributed by atoms with Crippen LogP contribution in [-0.2, 0) is 20.7 Å². The largest absolute Gasteiger partial charge is 0.449 e. The second-order valence-corrected chi connectivity index (χ2v) is 8.98. The molecule has 1 unspecified atom stereocenters. The summed E-state index contributed by atoms with van der Waals surface area (Å²) in [5.41, 5.74) is 0.279. The zero-order chi connectivity index (χ0) is 25.9. The Bertz CT molecular complexity index is 1290. The van der Waals surface area contributed by atoms with E-state index in [0.717, 1.165) is 6.07 Å². The average Bonchev–Trinajstić information content (AvgIpc) is 3.18. The van der Waals surface area contributed by atoms with Gasteiger partial charge in [0.15, 0.2) is 23.6 Å². The standard InChI is InChI=1S/C23H23F3N4O5/c1-11(20(32)27-10-17(31)29-15-6-5-14(24)18(25)19(15)26)34-22(33)12-7-13-16(8-23(2,3)4)30-35-21(13)28-9-12/h5-7,9,11H,8,10H2,1-4H3,(H,27,32)(H,29,31). The average molecular weight is 492 g/mol. The first kappa shape index (κ1) is 25.7. The third-order valence-corrected chi connectivity index (χ3v) is 4.72. The van der Waals surface area contributed by atoms with E-state index in [4.69, 9.17) is 9.26 Å². The molecular weight excluding hydrogens is 469 g/mol. The Hall–Kier alpha value is -3.96. The number of anilines is 1. The topological polar surface area (TPSA) is 123 Å². The molecule has 1 atom stereocenters. The van der Waals surface area contributed by atoms with Gasteiger partial charge in [0, 0.05) is 6.20 Å². The fourth-order valence-electron chi connectivity index (χ4n) is 3.03. The van der Waals surface area contributed by atoms with Gasteiger partial charge in [-0.25, -0.2) is 22.9 Å². The minimum atomic E-state index is -1.74. The predicted molar refractivity (Wildman–Crippen MR) is 118 cm³/mol. The number of benzene rings is 1. The molecule has 3 aromatic rings. The molecule has 2 aromatic heterocycles. The molecule has 9 nitrogen and oxygen atoms in total. The van der Waals surface area contributed by atoms with Gasteiger partial charge < -0.3 is 19.9 Å². The van der Waals surface area contributed by atoms with Gasteiger partial charge in [-0.05, 0) is 37.0 Å². The van der Waals surface area contributed by atoms with Crippen molar-refractivity contribution in [2.45, 2.75) is 40.2 Å². The van der Waals surface area contributed by atoms with Gasteiger partial charge >= 0.3 is 5.97 Å². The van der Waals surface area contributed by atoms with Crippen molar-refractivity contribution in [3.63, 3.8) is 0 Å². The number of nitrogens with one attached hydrogen (secondary N) is 2. The highest BCUT2D eigenvalue weighted by atomic mass is 19.2. The first-order chi connectivity index (χ1) is 16.4. The third kappa shape index (κ3) is 6.34. The molecule has 0 aliphatic carbocycles. The van der Waals surface area contributed by atoms with Crippen LogP contribution in [0.4, 0.5) is 18.9 Å². The summed E-state index contributed by atoms with van der Waals surface area (Å²) in [6.07, 6.45) is 0.517. The van der Waals surface area contributed by atoms with E-state index >= 15 is 0 Å². The second-order valence-electron chi connectivity index (χ2n) is 8.98. The van der Waals surface area contributed by atoms with Crippen LogP contribution in [0.3, 0.4) is 0 Å². The summed E-state index contributed by atoms with van der Waals surface area (Å²) >= 11 is 0. The number of aromatic nitrogens is 2. The minimum absolute atomic E-state index is 0.0714. The van der Waals surface area contributed by atoms with E-state index in [9.17, 15) is 27.6 Å². The molecule has 3 rings (SSSR count). The van der Waals surface area contributed by atoms with Crippen LogP contribution in [-0.4, -0.2) is 40.6 Å². The fourth-order valence-corrected chi connectivity index (χ4v) is 3.03. The molecule has 0 bridgehead atoms. The molecule has 0 aliphatic rings. The van der Waals surface area contributed by atoms with Crippen molar-refractivity contribution in [2.24, 2.45) is 5.41 Å². The number of amides is 2. The van der Waals surface area contributed by atoms with Crippen LogP contribution in [0.2, 0.25) is 0 Å². The van der Waals surface area contributed by atoms with Gasteiger partial charge in [-0.3, -0.25) is 9.59 Å². The van der Waals surface area contributed by atoms with Crippen molar-refractivity contribution in [2.75, 3.05) is 11.9 Å². The lowest BCUT2D eigenvalue weighted by Gasteiger charge is -2.15. The third-order valence-electron chi connectivity index (χ3n) is 4.72. The first-order valence-electron chi connectivity index (χ1n) is 10.5. The van der Waals surface area contributed by atoms with Crippen molar-refractivity contribution in [3.8, 4) is 0 Å². The quantitative estimate of drug-likeness (QED) is 0.382. The Morgan fingerprint density at radius 1 is 1.14 bits per heavy atom. The number of ether oxygens (including phenoxy) is 1. The van der Waals surface area contributed by atoms with Crippen molar-refractivity contribution in [1.82, 2.24) is 15.5 Å². The summed E-state index contributed by atoms with van der Waals surface area (Å²) in [5, 5.41) is 8.76. The van der Waals surface area contributed by atoms with Gasteiger partial charge in [0.05, 0.1) is 28.9 Å². The maximum Gasteiger partial charge on any atom is 0.340 e. The van der Waals surface area contributed by atoms with Gasteiger partial charge in [0.1, 0.15) is 0 Å². The highest BCUT2D eigenvalue weighted by Crippen LogP contribution is 2.26. The number of carbonyl (C=O) groups excluding carboxylic acids is 3. The smallest absolute Gasteiger partial charge is 0.340 e. The van der Waals surface area contributed by atoms with E-state index in [1.807, 2.05) is 26.1 Å². The number of pyridine rings is 1. The SMILES string of the molecule is CC(OC(=O)c1cnc2onc(CC(C)(C)C)c2c1)C(=O)NCC(=O)Nc1ccc(F)c(F)c1F. The fraction of sp³-hybridized carbons (Fsp3) is 0.348. The van der Waals surface area contributed by atoms with Crippen LogP contribution in [0.1, 0.15) is 43.7 Å². The Kier molecular flexibility index (Phi) is 7.42. The maximum atomic E-state index is 13.6. The Morgan fingerprint density at radius 2 is 1.86 bits per heavy atom. The molecule has 186 valence electrons. The number of hydrogen-bond donors (Lipinski definition) is 2. The molecule has 0 radical (unpaired) electrons. The van der Waals surface area contributed by atoms with E-state index in [0.29, 0.717) is 23.6 Å². The van der Waals surface area contributed by atoms with Crippen molar-refractivity contribution in [1.29, 1.82) is 0 Å². The number of hydrogen-bond acceptors (Lipinski definition) is 7. The molecule has 0 spiro atoms. The summed E-state index contributed by atoms with van der Waals surface area (Å²) in [4.78, 5) is 40.7. The zero-order valence-electron chi connectivity index (χ0n) is 19.4. The number of fused-ring (bicyclic) bond motifs is 1. The highest BCUT2D eigenvalue weighted by Gasteiger charge is 2.23. The monoisotopic (exact) mass is 492 g/mol. The molecule has 2 amide bonds. The van der Waals surface area contributed by atoms with E-state index in [-0.39, 0.29) is 16.7 Å². The van der Waals surface area contributed by atoms with Gasteiger partial charge in [-0.15, -0.1) is 0 Å². The molecule has 2 N–H and O–H groups in total. The van der Waals surface area contributed by atoms with E-state index in [2.05, 4.69) is 15.5 Å². The number of esters is 1. The van der Waals surface area contributed by atoms with Crippen LogP contribution >= 0.6 is 0 Å². The Morgan fingerprint density at radius 3 is 2.54 bits per heavy atom. The van der Waals surface area contributed by atoms with Gasteiger partial charge in [-0.1, -0.05) is 25.9 Å². The summed E-state index contributed by atoms with van der Waals surface area (Å²) in [7, 11) is 0. The van der Waals surface area contributed by atoms with Crippen LogP contribution < -0.4 is 10.6 Å². The lowest BCUT2D eigenvalue weighted by atomic mass is 9.90. The van der Waals surface area contributed by atoms with Crippen LogP contribution in [0.25, 0.3) is 11.1 Å². The summed E-state index contributed by atoms with van der Waals surface area (Å²) in [5.74, 6) is -7.28. The molecule has 0 fully saturated rings. The van der Waals surface area contributed by atoms with E-state index < -0.39 is 53.6 Å². The molecule has 35 heavy (non-hydrogen) atoms. The number of nitrogens with zero attached hydrogens (tertiary/aromatic N) is 2. The summed E-state index contributed by atoms with van der Waals surface area (Å²) < 4.78 is 50.2. The number of halogens is 3. The van der Waals surface area contributed by atoms with Crippen LogP contribution in [0, 0.1) is 22.9 Å². The molecule has 2 heterocycles. The summed E-state index contributed by atoms with van der Waals surface area (Å²) in [6, 6.07) is 2.99. The normalized spacial score (nSPS) is 12.3. The molecule has 1 aromatic carbocycles. The van der Waals surface area contributed by atoms with E-state index in [1.165, 1.54) is 19.2 Å². The molecule has 0 aliphatic heterocycles. The maximum absolute atomic E-state index is 13.6.